The van der Waals surface area contributed by atoms with Crippen LogP contribution in [0.5, 0.6) is 11.5 Å². The summed E-state index contributed by atoms with van der Waals surface area (Å²) in [4.78, 5) is 12.0. The van der Waals surface area contributed by atoms with Crippen LogP contribution >= 0.6 is 0 Å². The Kier molecular flexibility index (Phi) is 5.74. The molecule has 1 aliphatic rings. The smallest absolute Gasteiger partial charge is 0.323 e. The predicted molar refractivity (Wildman–Crippen MR) is 96.5 cm³/mol. The van der Waals surface area contributed by atoms with Crippen LogP contribution in [0.2, 0.25) is 0 Å². The fourth-order valence-electron chi connectivity index (χ4n) is 2.57. The Morgan fingerprint density at radius 3 is 2.16 bits per heavy atom. The first kappa shape index (κ1) is 17.1. The van der Waals surface area contributed by atoms with Crippen LogP contribution in [0.25, 0.3) is 0 Å². The van der Waals surface area contributed by atoms with Gasteiger partial charge in [0, 0.05) is 18.0 Å². The monoisotopic (exact) mass is 342 g/mol. The first-order chi connectivity index (χ1) is 12.2. The Labute approximate surface area is 147 Å². The maximum absolute atomic E-state index is 12.0. The van der Waals surface area contributed by atoms with Crippen LogP contribution in [0.3, 0.4) is 0 Å². The summed E-state index contributed by atoms with van der Waals surface area (Å²) in [6.45, 7) is 1.38. The van der Waals surface area contributed by atoms with Crippen molar-refractivity contribution in [2.45, 2.75) is 18.9 Å². The zero-order valence-electron chi connectivity index (χ0n) is 14.2. The van der Waals surface area contributed by atoms with Gasteiger partial charge in [0.25, 0.3) is 0 Å². The number of rotatable bonds is 6. The quantitative estimate of drug-likeness (QED) is 0.835. The highest BCUT2D eigenvalue weighted by Crippen LogP contribution is 2.19. The number of ether oxygens (including phenoxy) is 3. The molecular weight excluding hydrogens is 320 g/mol. The van der Waals surface area contributed by atoms with E-state index < -0.39 is 0 Å². The lowest BCUT2D eigenvalue weighted by molar-refractivity contribution is 0.0679. The molecule has 6 nitrogen and oxygen atoms in total. The average molecular weight is 342 g/mol. The largest absolute Gasteiger partial charge is 0.497 e. The molecule has 1 aliphatic heterocycles. The number of carbonyl (C=O) groups is 1. The van der Waals surface area contributed by atoms with E-state index in [1.165, 1.54) is 0 Å². The summed E-state index contributed by atoms with van der Waals surface area (Å²) < 4.78 is 16.3. The molecule has 0 spiro atoms. The predicted octanol–water partition coefficient (Wildman–Crippen LogP) is 3.90. The van der Waals surface area contributed by atoms with Crippen molar-refractivity contribution in [1.82, 2.24) is 0 Å². The molecule has 1 saturated heterocycles. The number of methoxy groups -OCH3 is 1. The van der Waals surface area contributed by atoms with Crippen molar-refractivity contribution in [1.29, 1.82) is 0 Å². The molecule has 2 aromatic carbocycles. The molecule has 0 aliphatic carbocycles. The Morgan fingerprint density at radius 1 is 1.04 bits per heavy atom. The Balaban J connectivity index is 1.47. The van der Waals surface area contributed by atoms with Gasteiger partial charge in [-0.2, -0.15) is 0 Å². The summed E-state index contributed by atoms with van der Waals surface area (Å²) in [5.41, 5.74) is 1.38. The number of nitrogens with one attached hydrogen (secondary N) is 2. The summed E-state index contributed by atoms with van der Waals surface area (Å²) in [6, 6.07) is 14.1. The second-order valence-corrected chi connectivity index (χ2v) is 5.78. The van der Waals surface area contributed by atoms with Gasteiger partial charge in [0.1, 0.15) is 18.1 Å². The molecule has 132 valence electrons. The number of hydrogen-bond acceptors (Lipinski definition) is 4. The molecule has 25 heavy (non-hydrogen) atoms. The van der Waals surface area contributed by atoms with Crippen LogP contribution in [0.15, 0.2) is 48.5 Å². The topological polar surface area (TPSA) is 68.8 Å². The van der Waals surface area contributed by atoms with E-state index in [0.717, 1.165) is 30.9 Å². The minimum Gasteiger partial charge on any atom is -0.497 e. The lowest BCUT2D eigenvalue weighted by Crippen LogP contribution is -2.19. The molecule has 1 atom stereocenters. The second-order valence-electron chi connectivity index (χ2n) is 5.78. The van der Waals surface area contributed by atoms with Crippen LogP contribution in [-0.2, 0) is 4.74 Å². The summed E-state index contributed by atoms with van der Waals surface area (Å²) in [6.07, 6.45) is 2.33. The highest BCUT2D eigenvalue weighted by molar-refractivity contribution is 5.99. The molecular formula is C19H22N2O4. The van der Waals surface area contributed by atoms with E-state index in [2.05, 4.69) is 10.6 Å². The van der Waals surface area contributed by atoms with E-state index in [1.807, 2.05) is 12.1 Å². The molecule has 1 fully saturated rings. The van der Waals surface area contributed by atoms with Crippen molar-refractivity contribution in [3.05, 3.63) is 48.5 Å². The van der Waals surface area contributed by atoms with E-state index >= 15 is 0 Å². The van der Waals surface area contributed by atoms with E-state index in [1.54, 1.807) is 43.5 Å². The SMILES string of the molecule is COc1ccc(NC(=O)Nc2ccc(OC[C@H]3CCCO3)cc2)cc1. The van der Waals surface area contributed by atoms with E-state index in [9.17, 15) is 4.79 Å². The number of amides is 2. The average Bonchev–Trinajstić information content (AvgIpc) is 3.15. The number of anilines is 2. The van der Waals surface area contributed by atoms with Crippen molar-refractivity contribution < 1.29 is 19.0 Å². The van der Waals surface area contributed by atoms with Crippen LogP contribution in [0, 0.1) is 0 Å². The van der Waals surface area contributed by atoms with Crippen molar-refractivity contribution in [3.8, 4) is 11.5 Å². The molecule has 0 saturated carbocycles. The first-order valence-corrected chi connectivity index (χ1v) is 8.29. The zero-order valence-corrected chi connectivity index (χ0v) is 14.2. The Bertz CT molecular complexity index is 680. The van der Waals surface area contributed by atoms with Gasteiger partial charge < -0.3 is 24.8 Å². The standard InChI is InChI=1S/C19H22N2O4/c1-23-16-8-4-14(5-9-16)20-19(22)21-15-6-10-17(11-7-15)25-13-18-3-2-12-24-18/h4-11,18H,2-3,12-13H2,1H3,(H2,20,21,22)/t18-/m1/s1. The number of benzene rings is 2. The highest BCUT2D eigenvalue weighted by Gasteiger charge is 2.15. The van der Waals surface area contributed by atoms with Gasteiger partial charge in [0.15, 0.2) is 0 Å². The molecule has 2 amide bonds. The van der Waals surface area contributed by atoms with Crippen molar-refractivity contribution in [2.75, 3.05) is 31.0 Å². The minimum atomic E-state index is -0.307. The molecule has 0 radical (unpaired) electrons. The van der Waals surface area contributed by atoms with Gasteiger partial charge in [0.05, 0.1) is 13.2 Å². The summed E-state index contributed by atoms with van der Waals surface area (Å²) >= 11 is 0. The normalized spacial score (nSPS) is 16.3. The molecule has 1 heterocycles. The molecule has 2 aromatic rings. The van der Waals surface area contributed by atoms with Gasteiger partial charge >= 0.3 is 6.03 Å². The minimum absolute atomic E-state index is 0.188. The second kappa shape index (κ2) is 8.39. The summed E-state index contributed by atoms with van der Waals surface area (Å²) in [5.74, 6) is 1.50. The van der Waals surface area contributed by atoms with Crippen molar-refractivity contribution in [3.63, 3.8) is 0 Å². The van der Waals surface area contributed by atoms with Crippen molar-refractivity contribution in [2.24, 2.45) is 0 Å². The third-order valence-corrected chi connectivity index (χ3v) is 3.92. The van der Waals surface area contributed by atoms with E-state index in [0.29, 0.717) is 18.0 Å². The summed E-state index contributed by atoms with van der Waals surface area (Å²) in [7, 11) is 1.60. The maximum Gasteiger partial charge on any atom is 0.323 e. The van der Waals surface area contributed by atoms with Crippen molar-refractivity contribution >= 4 is 17.4 Å². The van der Waals surface area contributed by atoms with Gasteiger partial charge in [-0.3, -0.25) is 0 Å². The molecule has 6 heteroatoms. The zero-order chi connectivity index (χ0) is 17.5. The van der Waals surface area contributed by atoms with Crippen LogP contribution in [0.1, 0.15) is 12.8 Å². The molecule has 0 bridgehead atoms. The number of carbonyl (C=O) groups excluding carboxylic acids is 1. The molecule has 0 unspecified atom stereocenters. The summed E-state index contributed by atoms with van der Waals surface area (Å²) in [5, 5.41) is 5.55. The maximum atomic E-state index is 12.0. The van der Waals surface area contributed by atoms with Gasteiger partial charge in [0.2, 0.25) is 0 Å². The highest BCUT2D eigenvalue weighted by atomic mass is 16.5. The fourth-order valence-corrected chi connectivity index (χ4v) is 2.57. The van der Waals surface area contributed by atoms with E-state index in [4.69, 9.17) is 14.2 Å². The van der Waals surface area contributed by atoms with Crippen LogP contribution in [-0.4, -0.2) is 32.5 Å². The van der Waals surface area contributed by atoms with Gasteiger partial charge in [-0.05, 0) is 61.4 Å². The first-order valence-electron chi connectivity index (χ1n) is 8.29. The van der Waals surface area contributed by atoms with Gasteiger partial charge in [-0.15, -0.1) is 0 Å². The lowest BCUT2D eigenvalue weighted by Gasteiger charge is -2.12. The Morgan fingerprint density at radius 2 is 1.64 bits per heavy atom. The van der Waals surface area contributed by atoms with Crippen LogP contribution < -0.4 is 20.1 Å². The molecule has 3 rings (SSSR count). The molecule has 0 aromatic heterocycles. The third-order valence-electron chi connectivity index (χ3n) is 3.92. The lowest BCUT2D eigenvalue weighted by atomic mass is 10.2. The molecule has 2 N–H and O–H groups in total. The Hall–Kier alpha value is -2.73. The van der Waals surface area contributed by atoms with E-state index in [-0.39, 0.29) is 12.1 Å². The van der Waals surface area contributed by atoms with Crippen LogP contribution in [0.4, 0.5) is 16.2 Å². The number of hydrogen-bond donors (Lipinski definition) is 2. The van der Waals surface area contributed by atoms with Gasteiger partial charge in [-0.1, -0.05) is 0 Å². The number of urea groups is 1. The van der Waals surface area contributed by atoms with Gasteiger partial charge in [-0.25, -0.2) is 4.79 Å². The third kappa shape index (κ3) is 5.12. The fraction of sp³-hybridized carbons (Fsp3) is 0.316.